The van der Waals surface area contributed by atoms with Gasteiger partial charge in [-0.3, -0.25) is 4.79 Å². The molecule has 0 aromatic carbocycles. The molecule has 110 valence electrons. The summed E-state index contributed by atoms with van der Waals surface area (Å²) in [6.45, 7) is 3.09. The Morgan fingerprint density at radius 3 is 3.00 bits per heavy atom. The first-order valence-electron chi connectivity index (χ1n) is 7.39. The second-order valence-corrected chi connectivity index (χ2v) is 7.98. The fourth-order valence-electron chi connectivity index (χ4n) is 2.98. The molecule has 1 saturated heterocycles. The van der Waals surface area contributed by atoms with E-state index in [1.807, 2.05) is 23.7 Å². The third-order valence-electron chi connectivity index (χ3n) is 4.18. The topological polar surface area (TPSA) is 32.3 Å². The third-order valence-corrected chi connectivity index (χ3v) is 6.41. The number of thiophene rings is 1. The number of thioether (sulfide) groups is 1. The molecule has 5 heteroatoms. The fraction of sp³-hybridized carbons (Fsp3) is 0.667. The van der Waals surface area contributed by atoms with E-state index in [2.05, 4.69) is 11.4 Å². The Labute approximate surface area is 129 Å². The molecule has 0 aliphatic carbocycles. The van der Waals surface area contributed by atoms with E-state index in [0.717, 1.165) is 36.7 Å². The van der Waals surface area contributed by atoms with Crippen LogP contribution in [-0.4, -0.2) is 43.2 Å². The van der Waals surface area contributed by atoms with E-state index in [9.17, 15) is 4.79 Å². The van der Waals surface area contributed by atoms with Crippen molar-refractivity contribution >= 4 is 29.0 Å². The number of carbonyl (C=O) groups is 1. The standard InChI is InChI=1S/C15H22N2OS2/c1-17(9-11-2-5-16-6-3-11)15(18)14-8-12-10-19-7-4-13(12)20-14/h8,11,16H,2-7,9-10H2,1H3. The van der Waals surface area contributed by atoms with Crippen molar-refractivity contribution in [3.63, 3.8) is 0 Å². The minimum atomic E-state index is 0.216. The predicted octanol–water partition coefficient (Wildman–Crippen LogP) is 2.61. The first-order chi connectivity index (χ1) is 9.74. The highest BCUT2D eigenvalue weighted by molar-refractivity contribution is 7.98. The maximum atomic E-state index is 12.6. The molecule has 0 saturated carbocycles. The van der Waals surface area contributed by atoms with Crippen LogP contribution < -0.4 is 5.32 Å². The van der Waals surface area contributed by atoms with Crippen LogP contribution in [-0.2, 0) is 12.2 Å². The smallest absolute Gasteiger partial charge is 0.263 e. The zero-order valence-corrected chi connectivity index (χ0v) is 13.6. The average Bonchev–Trinajstić information content (AvgIpc) is 2.91. The zero-order chi connectivity index (χ0) is 13.9. The van der Waals surface area contributed by atoms with Crippen molar-refractivity contribution in [1.82, 2.24) is 10.2 Å². The number of fused-ring (bicyclic) bond motifs is 1. The van der Waals surface area contributed by atoms with Crippen molar-refractivity contribution in [2.24, 2.45) is 5.92 Å². The number of amides is 1. The van der Waals surface area contributed by atoms with Crippen molar-refractivity contribution < 1.29 is 4.79 Å². The Kier molecular flexibility index (Phi) is 4.68. The lowest BCUT2D eigenvalue weighted by molar-refractivity contribution is 0.0767. The summed E-state index contributed by atoms with van der Waals surface area (Å²) in [5.41, 5.74) is 1.39. The molecule has 3 nitrogen and oxygen atoms in total. The Bertz CT molecular complexity index is 457. The van der Waals surface area contributed by atoms with Gasteiger partial charge in [0.25, 0.3) is 5.91 Å². The lowest BCUT2D eigenvalue weighted by Gasteiger charge is -2.27. The summed E-state index contributed by atoms with van der Waals surface area (Å²) in [6, 6.07) is 2.13. The number of hydrogen-bond donors (Lipinski definition) is 1. The summed E-state index contributed by atoms with van der Waals surface area (Å²) in [6.07, 6.45) is 3.51. The molecule has 0 radical (unpaired) electrons. The van der Waals surface area contributed by atoms with Crippen molar-refractivity contribution in [2.45, 2.75) is 25.0 Å². The molecule has 1 N–H and O–H groups in total. The van der Waals surface area contributed by atoms with E-state index in [1.54, 1.807) is 11.3 Å². The second kappa shape index (κ2) is 6.50. The van der Waals surface area contributed by atoms with E-state index >= 15 is 0 Å². The van der Waals surface area contributed by atoms with E-state index in [0.29, 0.717) is 5.92 Å². The van der Waals surface area contributed by atoms with Crippen LogP contribution in [0.25, 0.3) is 0 Å². The lowest BCUT2D eigenvalue weighted by Crippen LogP contribution is -2.37. The first kappa shape index (κ1) is 14.4. The van der Waals surface area contributed by atoms with Crippen LogP contribution in [0.4, 0.5) is 0 Å². The summed E-state index contributed by atoms with van der Waals surface area (Å²) in [5.74, 6) is 3.16. The van der Waals surface area contributed by atoms with Gasteiger partial charge in [0.05, 0.1) is 4.88 Å². The Balaban J connectivity index is 1.63. The summed E-state index contributed by atoms with van der Waals surface area (Å²) >= 11 is 3.69. The number of piperidine rings is 1. The van der Waals surface area contributed by atoms with E-state index in [4.69, 9.17) is 0 Å². The highest BCUT2D eigenvalue weighted by atomic mass is 32.2. The molecule has 0 spiro atoms. The van der Waals surface area contributed by atoms with Gasteiger partial charge in [0.15, 0.2) is 0 Å². The number of hydrogen-bond acceptors (Lipinski definition) is 4. The second-order valence-electron chi connectivity index (χ2n) is 5.74. The molecule has 1 aromatic heterocycles. The van der Waals surface area contributed by atoms with Gasteiger partial charge in [-0.25, -0.2) is 0 Å². The van der Waals surface area contributed by atoms with Gasteiger partial charge in [-0.1, -0.05) is 0 Å². The molecule has 2 aliphatic rings. The van der Waals surface area contributed by atoms with Crippen LogP contribution in [0.2, 0.25) is 0 Å². The highest BCUT2D eigenvalue weighted by Crippen LogP contribution is 2.32. The fourth-order valence-corrected chi connectivity index (χ4v) is 5.34. The maximum Gasteiger partial charge on any atom is 0.263 e. The number of nitrogens with zero attached hydrogens (tertiary/aromatic N) is 1. The van der Waals surface area contributed by atoms with Crippen molar-refractivity contribution in [2.75, 3.05) is 32.4 Å². The molecule has 3 rings (SSSR count). The van der Waals surface area contributed by atoms with Crippen LogP contribution in [0.3, 0.4) is 0 Å². The van der Waals surface area contributed by atoms with Crippen LogP contribution in [0.1, 0.15) is 33.0 Å². The van der Waals surface area contributed by atoms with Gasteiger partial charge in [0, 0.05) is 24.2 Å². The van der Waals surface area contributed by atoms with E-state index in [-0.39, 0.29) is 5.91 Å². The minimum Gasteiger partial charge on any atom is -0.341 e. The molecule has 0 unspecified atom stereocenters. The van der Waals surface area contributed by atoms with Crippen molar-refractivity contribution in [3.05, 3.63) is 21.4 Å². The summed E-state index contributed by atoms with van der Waals surface area (Å²) < 4.78 is 0. The third kappa shape index (κ3) is 3.21. The Morgan fingerprint density at radius 2 is 2.25 bits per heavy atom. The normalized spacial score (nSPS) is 19.6. The highest BCUT2D eigenvalue weighted by Gasteiger charge is 2.22. The molecule has 0 atom stereocenters. The van der Waals surface area contributed by atoms with Crippen molar-refractivity contribution in [3.8, 4) is 0 Å². The van der Waals surface area contributed by atoms with E-state index in [1.165, 1.54) is 29.0 Å². The van der Waals surface area contributed by atoms with Gasteiger partial charge in [0.2, 0.25) is 0 Å². The Morgan fingerprint density at radius 1 is 1.45 bits per heavy atom. The number of rotatable bonds is 3. The molecular weight excluding hydrogens is 288 g/mol. The van der Waals surface area contributed by atoms with Gasteiger partial charge in [-0.15, -0.1) is 11.3 Å². The average molecular weight is 310 g/mol. The molecule has 1 fully saturated rings. The Hall–Kier alpha value is -0.520. The molecule has 1 aromatic rings. The first-order valence-corrected chi connectivity index (χ1v) is 9.36. The maximum absolute atomic E-state index is 12.6. The summed E-state index contributed by atoms with van der Waals surface area (Å²) in [7, 11) is 1.96. The molecule has 20 heavy (non-hydrogen) atoms. The predicted molar refractivity (Wildman–Crippen MR) is 86.7 cm³/mol. The zero-order valence-electron chi connectivity index (χ0n) is 12.0. The van der Waals surface area contributed by atoms with Gasteiger partial charge >= 0.3 is 0 Å². The number of carbonyl (C=O) groups excluding carboxylic acids is 1. The van der Waals surface area contributed by atoms with Gasteiger partial charge in [-0.05, 0) is 55.7 Å². The SMILES string of the molecule is CN(CC1CCNCC1)C(=O)c1cc2c(s1)CCSC2. The molecule has 2 aliphatic heterocycles. The van der Waals surface area contributed by atoms with Crippen LogP contribution in [0.15, 0.2) is 6.07 Å². The number of nitrogens with one attached hydrogen (secondary N) is 1. The van der Waals surface area contributed by atoms with E-state index < -0.39 is 0 Å². The van der Waals surface area contributed by atoms with Gasteiger partial charge in [-0.2, -0.15) is 11.8 Å². The van der Waals surface area contributed by atoms with Crippen LogP contribution in [0, 0.1) is 5.92 Å². The van der Waals surface area contributed by atoms with Crippen LogP contribution in [0.5, 0.6) is 0 Å². The van der Waals surface area contributed by atoms with Gasteiger partial charge < -0.3 is 10.2 Å². The monoisotopic (exact) mass is 310 g/mol. The molecule has 0 bridgehead atoms. The quantitative estimate of drug-likeness (QED) is 0.931. The van der Waals surface area contributed by atoms with Crippen molar-refractivity contribution in [1.29, 1.82) is 0 Å². The number of aryl methyl sites for hydroxylation is 1. The molecule has 1 amide bonds. The largest absolute Gasteiger partial charge is 0.341 e. The lowest BCUT2D eigenvalue weighted by atomic mass is 9.98. The minimum absolute atomic E-state index is 0.216. The molecular formula is C15H22N2OS2. The molecule has 3 heterocycles. The summed E-state index contributed by atoms with van der Waals surface area (Å²) in [5, 5.41) is 3.38. The summed E-state index contributed by atoms with van der Waals surface area (Å²) in [4.78, 5) is 16.9. The van der Waals surface area contributed by atoms with Gasteiger partial charge in [0.1, 0.15) is 0 Å². The van der Waals surface area contributed by atoms with Crippen LogP contribution >= 0.6 is 23.1 Å².